The van der Waals surface area contributed by atoms with Crippen molar-refractivity contribution in [2.24, 2.45) is 5.92 Å². The summed E-state index contributed by atoms with van der Waals surface area (Å²) in [5, 5.41) is 12.2. The van der Waals surface area contributed by atoms with E-state index in [0.717, 1.165) is 32.2 Å². The van der Waals surface area contributed by atoms with Crippen LogP contribution in [0.2, 0.25) is 0 Å². The van der Waals surface area contributed by atoms with Crippen molar-refractivity contribution in [2.75, 3.05) is 39.0 Å². The number of anilines is 1. The zero-order valence-electron chi connectivity index (χ0n) is 21.3. The lowest BCUT2D eigenvalue weighted by Gasteiger charge is -2.51. The number of rotatable bonds is 7. The van der Waals surface area contributed by atoms with Crippen molar-refractivity contribution in [3.8, 4) is 5.75 Å². The molecule has 1 aromatic heterocycles. The molecular formula is C28H37N5O3. The van der Waals surface area contributed by atoms with Crippen molar-refractivity contribution in [1.29, 1.82) is 0 Å². The zero-order valence-corrected chi connectivity index (χ0v) is 21.3. The van der Waals surface area contributed by atoms with Crippen molar-refractivity contribution in [3.05, 3.63) is 54.2 Å². The van der Waals surface area contributed by atoms with Gasteiger partial charge in [-0.2, -0.15) is 0 Å². The largest absolute Gasteiger partial charge is 0.506 e. The van der Waals surface area contributed by atoms with Gasteiger partial charge in [-0.15, -0.1) is 0 Å². The van der Waals surface area contributed by atoms with Crippen LogP contribution in [0.3, 0.4) is 0 Å². The van der Waals surface area contributed by atoms with Gasteiger partial charge in [-0.05, 0) is 76.2 Å². The first-order chi connectivity index (χ1) is 17.3. The van der Waals surface area contributed by atoms with Crippen LogP contribution in [0, 0.1) is 5.92 Å². The second kappa shape index (κ2) is 9.73. The average molecular weight is 492 g/mol. The Morgan fingerprint density at radius 3 is 2.42 bits per heavy atom. The number of aromatic hydroxyl groups is 1. The van der Waals surface area contributed by atoms with Gasteiger partial charge in [0, 0.05) is 18.6 Å². The number of nitrogens with zero attached hydrogens (tertiary/aromatic N) is 4. The van der Waals surface area contributed by atoms with Crippen LogP contribution in [-0.2, 0) is 10.3 Å². The van der Waals surface area contributed by atoms with Crippen LogP contribution in [-0.4, -0.2) is 76.0 Å². The maximum Gasteiger partial charge on any atom is 0.321 e. The van der Waals surface area contributed by atoms with Crippen LogP contribution in [0.5, 0.6) is 5.75 Å². The third kappa shape index (κ3) is 4.54. The molecule has 3 amide bonds. The molecule has 192 valence electrons. The average Bonchev–Trinajstić information content (AvgIpc) is 3.08. The predicted molar refractivity (Wildman–Crippen MR) is 139 cm³/mol. The van der Waals surface area contributed by atoms with Crippen LogP contribution >= 0.6 is 0 Å². The maximum atomic E-state index is 13.7. The number of carbonyl (C=O) groups is 2. The van der Waals surface area contributed by atoms with Crippen molar-refractivity contribution in [2.45, 2.75) is 56.0 Å². The van der Waals surface area contributed by atoms with Crippen molar-refractivity contribution < 1.29 is 14.7 Å². The molecule has 2 heterocycles. The van der Waals surface area contributed by atoms with E-state index in [4.69, 9.17) is 0 Å². The third-order valence-corrected chi connectivity index (χ3v) is 8.75. The van der Waals surface area contributed by atoms with Crippen LogP contribution in [0.1, 0.15) is 50.5 Å². The summed E-state index contributed by atoms with van der Waals surface area (Å²) in [6, 6.07) is 13.7. The smallest absolute Gasteiger partial charge is 0.321 e. The van der Waals surface area contributed by atoms with E-state index in [0.29, 0.717) is 18.3 Å². The van der Waals surface area contributed by atoms with E-state index in [2.05, 4.69) is 64.5 Å². The van der Waals surface area contributed by atoms with Gasteiger partial charge in [-0.1, -0.05) is 36.8 Å². The predicted octanol–water partition coefficient (Wildman–Crippen LogP) is 4.03. The van der Waals surface area contributed by atoms with Gasteiger partial charge in [-0.3, -0.25) is 9.69 Å². The fourth-order valence-corrected chi connectivity index (χ4v) is 6.33. The molecule has 1 aliphatic heterocycles. The highest BCUT2D eigenvalue weighted by Gasteiger charge is 2.55. The van der Waals surface area contributed by atoms with Gasteiger partial charge in [0.2, 0.25) is 5.91 Å². The number of pyridine rings is 1. The number of carbonyl (C=O) groups excluding carboxylic acids is 2. The standard InChI is InChI=1S/C28H37N5O3/c1-31(2)28(22-9-4-3-5-10-22)15-13-27(14-16-28)20-32(26(36)33(27)18-21-7-6-8-21)19-25(35)30-24-12-11-23(34)17-29-24/h3-5,9-12,17,21,34H,6-8,13-16,18-20H2,1-2H3,(H,29,30,35)/t27-,28+. The van der Waals surface area contributed by atoms with Gasteiger partial charge in [0.25, 0.3) is 0 Å². The molecule has 0 unspecified atom stereocenters. The quantitative estimate of drug-likeness (QED) is 0.610. The molecule has 3 aliphatic rings. The summed E-state index contributed by atoms with van der Waals surface area (Å²) in [6.07, 6.45) is 8.65. The summed E-state index contributed by atoms with van der Waals surface area (Å²) < 4.78 is 0. The Balaban J connectivity index is 1.33. The van der Waals surface area contributed by atoms with E-state index in [9.17, 15) is 14.7 Å². The van der Waals surface area contributed by atoms with Gasteiger partial charge >= 0.3 is 6.03 Å². The number of hydrogen-bond acceptors (Lipinski definition) is 5. The van der Waals surface area contributed by atoms with Crippen molar-refractivity contribution in [3.63, 3.8) is 0 Å². The SMILES string of the molecule is CN(C)[C@]1(c2ccccc2)CC[C@]2(CC1)CN(CC(=O)Nc1ccc(O)cn1)C(=O)N2CC1CCC1. The van der Waals surface area contributed by atoms with Crippen LogP contribution in [0.4, 0.5) is 10.6 Å². The monoisotopic (exact) mass is 491 g/mol. The van der Waals surface area contributed by atoms with Crippen molar-refractivity contribution in [1.82, 2.24) is 19.7 Å². The number of hydrogen-bond donors (Lipinski definition) is 2. The first kappa shape index (κ1) is 24.6. The van der Waals surface area contributed by atoms with Gasteiger partial charge in [0.1, 0.15) is 18.1 Å². The van der Waals surface area contributed by atoms with E-state index < -0.39 is 0 Å². The van der Waals surface area contributed by atoms with Crippen LogP contribution in [0.15, 0.2) is 48.7 Å². The molecule has 0 radical (unpaired) electrons. The molecule has 8 heteroatoms. The minimum Gasteiger partial charge on any atom is -0.506 e. The Morgan fingerprint density at radius 1 is 1.11 bits per heavy atom. The zero-order chi connectivity index (χ0) is 25.3. The summed E-state index contributed by atoms with van der Waals surface area (Å²) in [5.41, 5.74) is 1.04. The summed E-state index contributed by atoms with van der Waals surface area (Å²) >= 11 is 0. The van der Waals surface area contributed by atoms with Gasteiger partial charge in [-0.25, -0.2) is 9.78 Å². The molecule has 1 saturated heterocycles. The number of amides is 3. The minimum absolute atomic E-state index is 0.00180. The Kier molecular flexibility index (Phi) is 6.64. The minimum atomic E-state index is -0.273. The second-order valence-electron chi connectivity index (χ2n) is 11.0. The van der Waals surface area contributed by atoms with E-state index >= 15 is 0 Å². The summed E-state index contributed by atoms with van der Waals surface area (Å²) in [6.45, 7) is 1.37. The lowest BCUT2D eigenvalue weighted by molar-refractivity contribution is -0.116. The van der Waals surface area contributed by atoms with Crippen LogP contribution < -0.4 is 5.32 Å². The normalized spacial score (nSPS) is 26.5. The lowest BCUT2D eigenvalue weighted by Crippen LogP contribution is -2.56. The summed E-state index contributed by atoms with van der Waals surface area (Å²) in [4.78, 5) is 36.7. The van der Waals surface area contributed by atoms with Gasteiger partial charge in [0.15, 0.2) is 0 Å². The Hall–Kier alpha value is -3.13. The molecule has 8 nitrogen and oxygen atoms in total. The molecular weight excluding hydrogens is 454 g/mol. The highest BCUT2D eigenvalue weighted by molar-refractivity contribution is 5.94. The topological polar surface area (TPSA) is 89.0 Å². The van der Waals surface area contributed by atoms with Crippen LogP contribution in [0.25, 0.3) is 0 Å². The molecule has 3 fully saturated rings. The molecule has 2 aromatic rings. The van der Waals surface area contributed by atoms with Gasteiger partial charge in [0.05, 0.1) is 11.7 Å². The molecule has 1 spiro atoms. The third-order valence-electron chi connectivity index (χ3n) is 8.75. The molecule has 1 aromatic carbocycles. The van der Waals surface area contributed by atoms with Crippen molar-refractivity contribution >= 4 is 17.8 Å². The molecule has 0 bridgehead atoms. The van der Waals surface area contributed by atoms with E-state index in [1.165, 1.54) is 37.1 Å². The Morgan fingerprint density at radius 2 is 1.83 bits per heavy atom. The highest BCUT2D eigenvalue weighted by atomic mass is 16.3. The molecule has 2 N–H and O–H groups in total. The number of benzene rings is 1. The van der Waals surface area contributed by atoms with E-state index in [1.54, 1.807) is 11.0 Å². The van der Waals surface area contributed by atoms with E-state index in [1.807, 2.05) is 0 Å². The fraction of sp³-hybridized carbons (Fsp3) is 0.536. The van der Waals surface area contributed by atoms with Gasteiger partial charge < -0.3 is 20.2 Å². The molecule has 0 atom stereocenters. The summed E-state index contributed by atoms with van der Waals surface area (Å²) in [5.74, 6) is 0.694. The first-order valence-corrected chi connectivity index (χ1v) is 13.1. The molecule has 2 aliphatic carbocycles. The highest BCUT2D eigenvalue weighted by Crippen LogP contribution is 2.49. The Labute approximate surface area is 213 Å². The number of nitrogens with one attached hydrogen (secondary N) is 1. The fourth-order valence-electron chi connectivity index (χ4n) is 6.33. The number of aromatic nitrogens is 1. The number of urea groups is 1. The molecule has 2 saturated carbocycles. The second-order valence-corrected chi connectivity index (χ2v) is 11.0. The maximum absolute atomic E-state index is 13.7. The molecule has 36 heavy (non-hydrogen) atoms. The molecule has 5 rings (SSSR count). The summed E-state index contributed by atoms with van der Waals surface area (Å²) in [7, 11) is 4.32. The first-order valence-electron chi connectivity index (χ1n) is 13.1. The lowest BCUT2D eigenvalue weighted by atomic mass is 9.68. The Bertz CT molecular complexity index is 1080. The van der Waals surface area contributed by atoms with E-state index in [-0.39, 0.29) is 35.3 Å².